The largest absolute Gasteiger partial charge is 0.449 e. The van der Waals surface area contributed by atoms with E-state index >= 15 is 0 Å². The Hall–Kier alpha value is -2.80. The number of anilines is 1. The molecular weight excluding hydrogens is 364 g/mol. The standard InChI is InChI=1S/C20H20N2O4S/c1-13(19(24)22(2)11-14-6-4-3-5-7-14)26-20(25)15-8-9-17-16(10-15)21-18(23)12-27-17/h3-10,13H,11-12H2,1-2H3,(H,21,23)/t13-/m0/s1. The van der Waals surface area contributed by atoms with Gasteiger partial charge in [0.2, 0.25) is 5.91 Å². The Kier molecular flexibility index (Phi) is 5.81. The summed E-state index contributed by atoms with van der Waals surface area (Å²) >= 11 is 1.42. The first kappa shape index (κ1) is 19.0. The summed E-state index contributed by atoms with van der Waals surface area (Å²) < 4.78 is 5.33. The third kappa shape index (κ3) is 4.68. The quantitative estimate of drug-likeness (QED) is 0.802. The molecule has 0 fully saturated rings. The Bertz CT molecular complexity index is 870. The molecule has 2 aromatic rings. The maximum absolute atomic E-state index is 12.5. The number of hydrogen-bond acceptors (Lipinski definition) is 5. The van der Waals surface area contributed by atoms with Crippen LogP contribution in [0.5, 0.6) is 0 Å². The second-order valence-electron chi connectivity index (χ2n) is 6.28. The third-order valence-corrected chi connectivity index (χ3v) is 5.19. The monoisotopic (exact) mass is 384 g/mol. The van der Waals surface area contributed by atoms with Crippen LogP contribution >= 0.6 is 11.8 Å². The summed E-state index contributed by atoms with van der Waals surface area (Å²) in [6.07, 6.45) is -0.911. The number of benzene rings is 2. The van der Waals surface area contributed by atoms with Crippen LogP contribution in [-0.4, -0.2) is 41.6 Å². The van der Waals surface area contributed by atoms with Gasteiger partial charge in [0.1, 0.15) is 0 Å². The van der Waals surface area contributed by atoms with E-state index in [1.807, 2.05) is 30.3 Å². The van der Waals surface area contributed by atoms with Crippen LogP contribution in [0.3, 0.4) is 0 Å². The molecule has 1 aliphatic heterocycles. The van der Waals surface area contributed by atoms with E-state index in [0.717, 1.165) is 10.5 Å². The van der Waals surface area contributed by atoms with Crippen LogP contribution in [0.1, 0.15) is 22.8 Å². The van der Waals surface area contributed by atoms with Crippen LogP contribution in [0.2, 0.25) is 0 Å². The molecule has 0 unspecified atom stereocenters. The van der Waals surface area contributed by atoms with Crippen LogP contribution in [0, 0.1) is 0 Å². The topological polar surface area (TPSA) is 75.7 Å². The van der Waals surface area contributed by atoms with E-state index in [2.05, 4.69) is 5.32 Å². The first-order valence-electron chi connectivity index (χ1n) is 8.50. The van der Waals surface area contributed by atoms with Gasteiger partial charge in [0, 0.05) is 18.5 Å². The number of likely N-dealkylation sites (N-methyl/N-ethyl adjacent to an activating group) is 1. The zero-order valence-electron chi connectivity index (χ0n) is 15.1. The van der Waals surface area contributed by atoms with Gasteiger partial charge in [-0.2, -0.15) is 0 Å². The highest BCUT2D eigenvalue weighted by atomic mass is 32.2. The summed E-state index contributed by atoms with van der Waals surface area (Å²) in [5.41, 5.74) is 1.88. The summed E-state index contributed by atoms with van der Waals surface area (Å²) in [5, 5.41) is 2.73. The third-order valence-electron chi connectivity index (χ3n) is 4.12. The summed E-state index contributed by atoms with van der Waals surface area (Å²) in [7, 11) is 1.67. The van der Waals surface area contributed by atoms with Crippen molar-refractivity contribution < 1.29 is 19.1 Å². The lowest BCUT2D eigenvalue weighted by molar-refractivity contribution is -0.139. The smallest absolute Gasteiger partial charge is 0.338 e. The molecule has 27 heavy (non-hydrogen) atoms. The minimum atomic E-state index is -0.911. The van der Waals surface area contributed by atoms with Gasteiger partial charge in [0.15, 0.2) is 6.10 Å². The Labute approximate surface area is 161 Å². The molecular formula is C20H20N2O4S. The van der Waals surface area contributed by atoms with Crippen molar-refractivity contribution in [2.24, 2.45) is 0 Å². The van der Waals surface area contributed by atoms with Crippen molar-refractivity contribution in [3.63, 3.8) is 0 Å². The number of thioether (sulfide) groups is 1. The van der Waals surface area contributed by atoms with E-state index in [1.165, 1.54) is 16.7 Å². The van der Waals surface area contributed by atoms with E-state index in [-0.39, 0.29) is 11.8 Å². The summed E-state index contributed by atoms with van der Waals surface area (Å²) in [6, 6.07) is 14.6. The number of nitrogens with one attached hydrogen (secondary N) is 1. The molecule has 6 nitrogen and oxygen atoms in total. The fourth-order valence-corrected chi connectivity index (χ4v) is 3.52. The van der Waals surface area contributed by atoms with E-state index in [9.17, 15) is 14.4 Å². The van der Waals surface area contributed by atoms with Gasteiger partial charge in [-0.1, -0.05) is 30.3 Å². The van der Waals surface area contributed by atoms with Crippen molar-refractivity contribution in [2.75, 3.05) is 18.1 Å². The molecule has 0 spiro atoms. The van der Waals surface area contributed by atoms with E-state index in [0.29, 0.717) is 23.5 Å². The minimum absolute atomic E-state index is 0.107. The maximum Gasteiger partial charge on any atom is 0.338 e. The summed E-state index contributed by atoms with van der Waals surface area (Å²) in [5.74, 6) is -0.634. The number of ether oxygens (including phenoxy) is 1. The second-order valence-corrected chi connectivity index (χ2v) is 7.29. The molecule has 0 saturated heterocycles. The van der Waals surface area contributed by atoms with Gasteiger partial charge in [-0.05, 0) is 30.7 Å². The van der Waals surface area contributed by atoms with Crippen LogP contribution in [0.25, 0.3) is 0 Å². The molecule has 0 aliphatic carbocycles. The summed E-state index contributed by atoms with van der Waals surface area (Å²) in [6.45, 7) is 1.99. The lowest BCUT2D eigenvalue weighted by Crippen LogP contribution is -2.37. The molecule has 2 aromatic carbocycles. The number of carbonyl (C=O) groups excluding carboxylic acids is 3. The van der Waals surface area contributed by atoms with Gasteiger partial charge < -0.3 is 15.0 Å². The van der Waals surface area contributed by atoms with Crippen LogP contribution in [0.4, 0.5) is 5.69 Å². The Morgan fingerprint density at radius 1 is 1.22 bits per heavy atom. The highest BCUT2D eigenvalue weighted by Crippen LogP contribution is 2.32. The van der Waals surface area contributed by atoms with Crippen molar-refractivity contribution in [1.29, 1.82) is 0 Å². The highest BCUT2D eigenvalue weighted by molar-refractivity contribution is 8.00. The first-order chi connectivity index (χ1) is 12.9. The van der Waals surface area contributed by atoms with Gasteiger partial charge in [-0.15, -0.1) is 11.8 Å². The van der Waals surface area contributed by atoms with Crippen molar-refractivity contribution in [1.82, 2.24) is 4.90 Å². The lowest BCUT2D eigenvalue weighted by atomic mass is 10.2. The van der Waals surface area contributed by atoms with Crippen molar-refractivity contribution in [2.45, 2.75) is 24.5 Å². The number of hydrogen-bond donors (Lipinski definition) is 1. The average molecular weight is 384 g/mol. The Morgan fingerprint density at radius 3 is 2.70 bits per heavy atom. The lowest BCUT2D eigenvalue weighted by Gasteiger charge is -2.22. The molecule has 1 heterocycles. The molecule has 0 radical (unpaired) electrons. The van der Waals surface area contributed by atoms with Gasteiger partial charge in [0.05, 0.1) is 17.0 Å². The predicted molar refractivity (Wildman–Crippen MR) is 104 cm³/mol. The predicted octanol–water partition coefficient (Wildman–Crippen LogP) is 2.93. The van der Waals surface area contributed by atoms with Crippen LogP contribution < -0.4 is 5.32 Å². The number of nitrogens with zero attached hydrogens (tertiary/aromatic N) is 1. The van der Waals surface area contributed by atoms with Gasteiger partial charge >= 0.3 is 5.97 Å². The molecule has 0 saturated carbocycles. The van der Waals surface area contributed by atoms with E-state index < -0.39 is 12.1 Å². The zero-order valence-corrected chi connectivity index (χ0v) is 15.9. The maximum atomic E-state index is 12.5. The van der Waals surface area contributed by atoms with Gasteiger partial charge in [0.25, 0.3) is 5.91 Å². The fraction of sp³-hybridized carbons (Fsp3) is 0.250. The van der Waals surface area contributed by atoms with E-state index in [4.69, 9.17) is 4.74 Å². The zero-order chi connectivity index (χ0) is 19.4. The number of fused-ring (bicyclic) bond motifs is 1. The summed E-state index contributed by atoms with van der Waals surface area (Å²) in [4.78, 5) is 38.8. The highest BCUT2D eigenvalue weighted by Gasteiger charge is 2.23. The molecule has 1 aliphatic rings. The molecule has 3 rings (SSSR count). The molecule has 140 valence electrons. The SMILES string of the molecule is C[C@H](OC(=O)c1ccc2c(c1)NC(=O)CS2)C(=O)N(C)Cc1ccccc1. The van der Waals surface area contributed by atoms with Crippen molar-refractivity contribution >= 4 is 35.2 Å². The second kappa shape index (κ2) is 8.26. The number of esters is 1. The Balaban J connectivity index is 1.62. The number of rotatable bonds is 5. The number of amides is 2. The normalized spacial score (nSPS) is 13.9. The number of carbonyl (C=O) groups is 3. The van der Waals surface area contributed by atoms with Crippen molar-refractivity contribution in [3.05, 3.63) is 59.7 Å². The van der Waals surface area contributed by atoms with Crippen LogP contribution in [-0.2, 0) is 20.9 Å². The minimum Gasteiger partial charge on any atom is -0.449 e. The van der Waals surface area contributed by atoms with Gasteiger partial charge in [-0.25, -0.2) is 4.79 Å². The Morgan fingerprint density at radius 2 is 1.96 bits per heavy atom. The molecule has 0 aromatic heterocycles. The molecule has 1 N–H and O–H groups in total. The molecule has 7 heteroatoms. The molecule has 1 atom stereocenters. The van der Waals surface area contributed by atoms with Crippen molar-refractivity contribution in [3.8, 4) is 0 Å². The average Bonchev–Trinajstić information content (AvgIpc) is 2.67. The van der Waals surface area contributed by atoms with E-state index in [1.54, 1.807) is 32.2 Å². The van der Waals surface area contributed by atoms with Crippen LogP contribution in [0.15, 0.2) is 53.4 Å². The molecule has 2 amide bonds. The fourth-order valence-electron chi connectivity index (χ4n) is 2.73. The first-order valence-corrected chi connectivity index (χ1v) is 9.49. The molecule has 0 bridgehead atoms. The van der Waals surface area contributed by atoms with Gasteiger partial charge in [-0.3, -0.25) is 9.59 Å².